The van der Waals surface area contributed by atoms with E-state index >= 15 is 0 Å². The number of aryl methyl sites for hydroxylation is 1. The maximum absolute atomic E-state index is 12.5. The summed E-state index contributed by atoms with van der Waals surface area (Å²) in [6, 6.07) is 11.1. The van der Waals surface area contributed by atoms with Crippen molar-refractivity contribution in [3.63, 3.8) is 0 Å². The van der Waals surface area contributed by atoms with Crippen molar-refractivity contribution in [3.8, 4) is 17.2 Å². The van der Waals surface area contributed by atoms with Crippen LogP contribution in [0.15, 0.2) is 36.4 Å². The predicted octanol–water partition coefficient (Wildman–Crippen LogP) is 3.47. The number of aromatic amines is 1. The zero-order chi connectivity index (χ0) is 19.4. The summed E-state index contributed by atoms with van der Waals surface area (Å²) in [5.74, 6) is 1.82. The number of carbonyl (C=O) groups excluding carboxylic acids is 1. The maximum Gasteiger partial charge on any atom is 0.251 e. The van der Waals surface area contributed by atoms with E-state index in [2.05, 4.69) is 10.3 Å². The van der Waals surface area contributed by atoms with Gasteiger partial charge in [0.25, 0.3) is 5.91 Å². The molecule has 3 aromatic rings. The summed E-state index contributed by atoms with van der Waals surface area (Å²) >= 11 is 0. The van der Waals surface area contributed by atoms with Gasteiger partial charge in [0.15, 0.2) is 0 Å². The second-order valence-corrected chi connectivity index (χ2v) is 6.25. The van der Waals surface area contributed by atoms with Crippen LogP contribution in [0.4, 0.5) is 0 Å². The average molecular weight is 368 g/mol. The molecule has 1 aromatic heterocycles. The lowest BCUT2D eigenvalue weighted by molar-refractivity contribution is 0.0953. The van der Waals surface area contributed by atoms with Gasteiger partial charge in [-0.1, -0.05) is 0 Å². The van der Waals surface area contributed by atoms with Crippen LogP contribution in [-0.2, 0) is 6.42 Å². The van der Waals surface area contributed by atoms with Crippen molar-refractivity contribution in [1.82, 2.24) is 10.3 Å². The first-order chi connectivity index (χ1) is 13.0. The van der Waals surface area contributed by atoms with Crippen molar-refractivity contribution in [2.75, 3.05) is 27.9 Å². The molecular weight excluding hydrogens is 344 g/mol. The standard InChI is InChI=1S/C21H24N2O4/c1-13-18(19-12-15(25-2)5-6-20(19)23-13)7-8-22-21(24)14-9-16(26-3)11-17(10-14)27-4/h5-6,9-12,23H,7-8H2,1-4H3,(H,22,24). The smallest absolute Gasteiger partial charge is 0.251 e. The molecule has 0 aliphatic heterocycles. The van der Waals surface area contributed by atoms with E-state index in [4.69, 9.17) is 14.2 Å². The summed E-state index contributed by atoms with van der Waals surface area (Å²) in [6.07, 6.45) is 0.714. The number of hydrogen-bond acceptors (Lipinski definition) is 4. The minimum absolute atomic E-state index is 0.165. The Balaban J connectivity index is 1.72. The van der Waals surface area contributed by atoms with Crippen LogP contribution in [0.5, 0.6) is 17.2 Å². The van der Waals surface area contributed by atoms with Crippen LogP contribution in [0.1, 0.15) is 21.6 Å². The van der Waals surface area contributed by atoms with Gasteiger partial charge in [0, 0.05) is 34.8 Å². The summed E-state index contributed by atoms with van der Waals surface area (Å²) < 4.78 is 15.8. The van der Waals surface area contributed by atoms with Crippen LogP contribution in [0.3, 0.4) is 0 Å². The van der Waals surface area contributed by atoms with Crippen LogP contribution >= 0.6 is 0 Å². The van der Waals surface area contributed by atoms with Crippen molar-refractivity contribution in [2.24, 2.45) is 0 Å². The van der Waals surface area contributed by atoms with Crippen molar-refractivity contribution in [2.45, 2.75) is 13.3 Å². The third-order valence-electron chi connectivity index (χ3n) is 4.60. The number of aromatic nitrogens is 1. The fraction of sp³-hybridized carbons (Fsp3) is 0.286. The lowest BCUT2D eigenvalue weighted by atomic mass is 10.1. The minimum atomic E-state index is -0.165. The van der Waals surface area contributed by atoms with Crippen molar-refractivity contribution in [3.05, 3.63) is 53.2 Å². The van der Waals surface area contributed by atoms with E-state index in [1.54, 1.807) is 39.5 Å². The Morgan fingerprint density at radius 1 is 0.963 bits per heavy atom. The van der Waals surface area contributed by atoms with Crippen LogP contribution in [-0.4, -0.2) is 38.8 Å². The minimum Gasteiger partial charge on any atom is -0.497 e. The molecule has 6 heteroatoms. The second kappa shape index (κ2) is 8.03. The molecule has 0 radical (unpaired) electrons. The average Bonchev–Trinajstić information content (AvgIpc) is 3.01. The molecule has 0 atom stereocenters. The molecule has 2 aromatic carbocycles. The fourth-order valence-electron chi connectivity index (χ4n) is 3.15. The Labute approximate surface area is 158 Å². The molecule has 0 bridgehead atoms. The van der Waals surface area contributed by atoms with Gasteiger partial charge in [-0.2, -0.15) is 0 Å². The molecule has 0 saturated heterocycles. The number of nitrogens with one attached hydrogen (secondary N) is 2. The monoisotopic (exact) mass is 368 g/mol. The highest BCUT2D eigenvalue weighted by Crippen LogP contribution is 2.27. The van der Waals surface area contributed by atoms with Gasteiger partial charge < -0.3 is 24.5 Å². The molecule has 3 rings (SSSR count). The highest BCUT2D eigenvalue weighted by atomic mass is 16.5. The Hall–Kier alpha value is -3.15. The summed E-state index contributed by atoms with van der Waals surface area (Å²) in [5, 5.41) is 4.08. The third-order valence-corrected chi connectivity index (χ3v) is 4.60. The number of benzene rings is 2. The first-order valence-electron chi connectivity index (χ1n) is 8.72. The van der Waals surface area contributed by atoms with Crippen LogP contribution in [0.2, 0.25) is 0 Å². The summed E-state index contributed by atoms with van der Waals surface area (Å²) in [6.45, 7) is 2.56. The molecule has 142 valence electrons. The molecule has 2 N–H and O–H groups in total. The van der Waals surface area contributed by atoms with Gasteiger partial charge in [0.05, 0.1) is 21.3 Å². The normalized spacial score (nSPS) is 10.7. The summed E-state index contributed by atoms with van der Waals surface area (Å²) in [4.78, 5) is 15.9. The van der Waals surface area contributed by atoms with Gasteiger partial charge in [-0.3, -0.25) is 4.79 Å². The Morgan fingerprint density at radius 2 is 1.63 bits per heavy atom. The number of amides is 1. The number of methoxy groups -OCH3 is 3. The van der Waals surface area contributed by atoms with Crippen molar-refractivity contribution < 1.29 is 19.0 Å². The molecule has 0 aliphatic rings. The first kappa shape index (κ1) is 18.6. The van der Waals surface area contributed by atoms with E-state index in [-0.39, 0.29) is 5.91 Å². The first-order valence-corrected chi connectivity index (χ1v) is 8.72. The summed E-state index contributed by atoms with van der Waals surface area (Å²) in [7, 11) is 4.78. The molecule has 1 heterocycles. The number of ether oxygens (including phenoxy) is 3. The molecule has 0 unspecified atom stereocenters. The quantitative estimate of drug-likeness (QED) is 0.670. The highest BCUT2D eigenvalue weighted by Gasteiger charge is 2.12. The Bertz CT molecular complexity index is 940. The SMILES string of the molecule is COc1cc(OC)cc(C(=O)NCCc2c(C)[nH]c3ccc(OC)cc23)c1. The van der Waals surface area contributed by atoms with Crippen LogP contribution in [0, 0.1) is 6.92 Å². The molecule has 6 nitrogen and oxygen atoms in total. The zero-order valence-electron chi connectivity index (χ0n) is 16.0. The summed E-state index contributed by atoms with van der Waals surface area (Å²) in [5.41, 5.74) is 3.83. The lowest BCUT2D eigenvalue weighted by Gasteiger charge is -2.09. The topological polar surface area (TPSA) is 72.6 Å². The van der Waals surface area contributed by atoms with E-state index in [1.807, 2.05) is 25.1 Å². The van der Waals surface area contributed by atoms with Gasteiger partial charge in [-0.05, 0) is 49.2 Å². The van der Waals surface area contributed by atoms with Crippen LogP contribution < -0.4 is 19.5 Å². The molecule has 1 amide bonds. The number of carbonyl (C=O) groups is 1. The zero-order valence-corrected chi connectivity index (χ0v) is 16.0. The number of H-pyrrole nitrogens is 1. The van der Waals surface area contributed by atoms with Gasteiger partial charge in [-0.15, -0.1) is 0 Å². The largest absolute Gasteiger partial charge is 0.497 e. The van der Waals surface area contributed by atoms with Crippen molar-refractivity contribution >= 4 is 16.8 Å². The molecular formula is C21H24N2O4. The van der Waals surface area contributed by atoms with E-state index in [0.29, 0.717) is 30.0 Å². The lowest BCUT2D eigenvalue weighted by Crippen LogP contribution is -2.25. The Kier molecular flexibility index (Phi) is 5.54. The molecule has 0 fully saturated rings. The van der Waals surface area contributed by atoms with Gasteiger partial charge in [-0.25, -0.2) is 0 Å². The number of rotatable bonds is 7. The van der Waals surface area contributed by atoms with E-state index < -0.39 is 0 Å². The van der Waals surface area contributed by atoms with Gasteiger partial charge in [0.1, 0.15) is 17.2 Å². The van der Waals surface area contributed by atoms with Gasteiger partial charge >= 0.3 is 0 Å². The number of hydrogen-bond donors (Lipinski definition) is 2. The van der Waals surface area contributed by atoms with Crippen molar-refractivity contribution in [1.29, 1.82) is 0 Å². The van der Waals surface area contributed by atoms with Crippen LogP contribution in [0.25, 0.3) is 10.9 Å². The third kappa shape index (κ3) is 4.00. The fourth-order valence-corrected chi connectivity index (χ4v) is 3.15. The highest BCUT2D eigenvalue weighted by molar-refractivity contribution is 5.95. The van der Waals surface area contributed by atoms with E-state index in [0.717, 1.165) is 22.3 Å². The van der Waals surface area contributed by atoms with E-state index in [9.17, 15) is 4.79 Å². The second-order valence-electron chi connectivity index (χ2n) is 6.25. The van der Waals surface area contributed by atoms with Gasteiger partial charge in [0.2, 0.25) is 0 Å². The molecule has 0 aliphatic carbocycles. The molecule has 27 heavy (non-hydrogen) atoms. The Morgan fingerprint density at radius 3 is 2.26 bits per heavy atom. The molecule has 0 saturated carbocycles. The maximum atomic E-state index is 12.5. The van der Waals surface area contributed by atoms with E-state index in [1.165, 1.54) is 5.56 Å². The molecule has 0 spiro atoms. The predicted molar refractivity (Wildman–Crippen MR) is 105 cm³/mol. The number of fused-ring (bicyclic) bond motifs is 1.